The van der Waals surface area contributed by atoms with Crippen LogP contribution in [0, 0.1) is 0 Å². The summed E-state index contributed by atoms with van der Waals surface area (Å²) >= 11 is 0.678. The van der Waals surface area contributed by atoms with Gasteiger partial charge in [0.1, 0.15) is 0 Å². The van der Waals surface area contributed by atoms with E-state index in [0.29, 0.717) is 0 Å². The van der Waals surface area contributed by atoms with Gasteiger partial charge in [-0.25, -0.2) is 26.3 Å². The van der Waals surface area contributed by atoms with E-state index in [1.54, 1.807) is 0 Å². The highest BCUT2D eigenvalue weighted by Gasteiger charge is 2.71. The Morgan fingerprint density at radius 2 is 0.850 bits per heavy atom. The van der Waals surface area contributed by atoms with Crippen molar-refractivity contribution in [1.82, 2.24) is 0 Å². The average Bonchev–Trinajstić information content (AvgIpc) is 2.64. The minimum Gasteiger partial charge on any atom is -0.227 e. The summed E-state index contributed by atoms with van der Waals surface area (Å²) in [5.41, 5.74) is -9.08. The second-order valence-electron chi connectivity index (χ2n) is 6.32. The molecule has 0 heterocycles. The number of halogens is 24. The van der Waals surface area contributed by atoms with E-state index in [1.807, 2.05) is 0 Å². The summed E-state index contributed by atoms with van der Waals surface area (Å²) in [4.78, 5) is 0. The maximum atomic E-state index is 12.5. The van der Waals surface area contributed by atoms with Crippen LogP contribution in [-0.4, -0.2) is 50.1 Å². The summed E-state index contributed by atoms with van der Waals surface area (Å²) < 4.78 is 246. The van der Waals surface area contributed by atoms with Crippen molar-refractivity contribution in [3.8, 4) is 0 Å². The van der Waals surface area contributed by atoms with Gasteiger partial charge in [-0.15, -0.1) is 0 Å². The molecule has 2 atom stereocenters. The first-order chi connectivity index (χ1) is 16.4. The molecule has 0 spiro atoms. The monoisotopic (exact) mass is 881 g/mol. The summed E-state index contributed by atoms with van der Waals surface area (Å²) in [5, 5.41) is 0. The molecule has 0 bridgehead atoms. The molecule has 0 fully saturated rings. The van der Waals surface area contributed by atoms with Crippen LogP contribution in [0.25, 0.3) is 0 Å². The molecule has 0 amide bonds. The molecule has 0 nitrogen and oxygen atoms in total. The molecule has 0 saturated carbocycles. The maximum absolute atomic E-state index is 12.5. The molecule has 0 aliphatic heterocycles. The predicted molar refractivity (Wildman–Crippen MR) is 115 cm³/mol. The van der Waals surface area contributed by atoms with Crippen LogP contribution in [0.5, 0.6) is 0 Å². The molecule has 0 saturated heterocycles. The van der Waals surface area contributed by atoms with Gasteiger partial charge < -0.3 is 0 Å². The maximum Gasteiger partial charge on any atom is 0.441 e. The van der Waals surface area contributed by atoms with E-state index in [1.165, 1.54) is 0 Å². The first kappa shape index (κ1) is 49.1. The summed E-state index contributed by atoms with van der Waals surface area (Å²) in [5.74, 6) is -7.48. The summed E-state index contributed by atoms with van der Waals surface area (Å²) in [7, 11) is 0. The Labute approximate surface area is 239 Å². The van der Waals surface area contributed by atoms with Crippen LogP contribution in [0.4, 0.5) is 96.6 Å². The van der Waals surface area contributed by atoms with Gasteiger partial charge in [-0.3, -0.25) is 0 Å². The predicted octanol–water partition coefficient (Wildman–Crippen LogP) is 12.2. The number of hydrogen-bond donors (Lipinski definition) is 0. The fourth-order valence-corrected chi connectivity index (χ4v) is 1.51. The Hall–Kier alpha value is -0.600. The van der Waals surface area contributed by atoms with Crippen molar-refractivity contribution in [2.24, 2.45) is 0 Å². The molecule has 0 radical (unpaired) electrons. The molecule has 0 aliphatic rings. The smallest absolute Gasteiger partial charge is 0.227 e. The highest BCUT2D eigenvalue weighted by Crippen LogP contribution is 2.50. The minimum atomic E-state index is -5.92. The van der Waals surface area contributed by atoms with Crippen molar-refractivity contribution in [2.75, 3.05) is 4.43 Å². The van der Waals surface area contributed by atoms with Crippen molar-refractivity contribution in [3.05, 3.63) is 24.6 Å². The molecule has 0 N–H and O–H groups in total. The van der Waals surface area contributed by atoms with E-state index in [2.05, 4.69) is 6.58 Å². The third-order valence-corrected chi connectivity index (χ3v) is 5.39. The van der Waals surface area contributed by atoms with Gasteiger partial charge in [-0.2, -0.15) is 70.2 Å². The molecule has 0 aliphatic carbocycles. The molecule has 0 aromatic heterocycles. The van der Waals surface area contributed by atoms with Crippen LogP contribution >= 0.6 is 45.2 Å². The highest BCUT2D eigenvalue weighted by atomic mass is 127. The largest absolute Gasteiger partial charge is 0.441 e. The number of hydrogen-bond acceptors (Lipinski definition) is 0. The fraction of sp³-hybridized carbons (Fsp3) is 0.750. The van der Waals surface area contributed by atoms with Gasteiger partial charge >= 0.3 is 34.5 Å². The van der Waals surface area contributed by atoms with Crippen LogP contribution in [0.1, 0.15) is 22.7 Å². The van der Waals surface area contributed by atoms with Crippen molar-refractivity contribution in [1.29, 1.82) is 0 Å². The lowest BCUT2D eigenvalue weighted by molar-refractivity contribution is -0.294. The van der Waals surface area contributed by atoms with Gasteiger partial charge in [0.25, 0.3) is 23.3 Å². The fourth-order valence-electron chi connectivity index (χ4n) is 0.795. The summed E-state index contributed by atoms with van der Waals surface area (Å²) in [6.07, 6.45) is -28.2. The third kappa shape index (κ3) is 15.0. The third-order valence-electron chi connectivity index (χ3n) is 3.21. The molecule has 0 aromatic carbocycles. The van der Waals surface area contributed by atoms with Crippen molar-refractivity contribution in [3.63, 3.8) is 0 Å². The first-order valence-corrected chi connectivity index (χ1v) is 10.7. The number of alkyl halides is 19. The van der Waals surface area contributed by atoms with Crippen molar-refractivity contribution >= 4 is 45.2 Å². The summed E-state index contributed by atoms with van der Waals surface area (Å²) in [6.45, 7) is 1.74. The van der Waals surface area contributed by atoms with Crippen LogP contribution < -0.4 is 0 Å². The normalized spacial score (nSPS) is 15.7. The lowest BCUT2D eigenvalue weighted by Crippen LogP contribution is -2.53. The number of allylic oxidation sites excluding steroid dienone is 1. The minimum absolute atomic E-state index is 0. The molecule has 40 heavy (non-hydrogen) atoms. The average molecular weight is 881 g/mol. The SMILES string of the molecule is C.C=C(F)F.CC(F)(C(F)(F)F)C(F)(F)CI.CC(F)(C(F)=C(F)F)C(F)(F)F.FC(F)(F)C(F)(I)C(F)(F)F.[2HH]. The summed E-state index contributed by atoms with van der Waals surface area (Å²) in [6, 6.07) is 0. The van der Waals surface area contributed by atoms with Crippen molar-refractivity contribution in [2.45, 2.75) is 66.9 Å². The molecule has 24 heteroatoms. The molecular weight excluding hydrogens is 864 g/mol. The molecule has 2 unspecified atom stereocenters. The molecular formula is C16H16F22I2. The Morgan fingerprint density at radius 3 is 0.900 bits per heavy atom. The molecule has 248 valence electrons. The van der Waals surface area contributed by atoms with Gasteiger partial charge in [0.2, 0.25) is 5.83 Å². The lowest BCUT2D eigenvalue weighted by Gasteiger charge is -2.30. The second kappa shape index (κ2) is 16.3. The zero-order valence-electron chi connectivity index (χ0n) is 18.0. The van der Waals surface area contributed by atoms with Crippen LogP contribution in [0.15, 0.2) is 24.6 Å². The molecule has 0 rings (SSSR count). The first-order valence-electron chi connectivity index (χ1n) is 8.07. The van der Waals surface area contributed by atoms with E-state index in [-0.39, 0.29) is 45.3 Å². The Morgan fingerprint density at radius 1 is 0.600 bits per heavy atom. The van der Waals surface area contributed by atoms with Crippen LogP contribution in [-0.2, 0) is 0 Å². The van der Waals surface area contributed by atoms with E-state index < -0.39 is 68.1 Å². The van der Waals surface area contributed by atoms with Crippen LogP contribution in [0.2, 0.25) is 0 Å². The topological polar surface area (TPSA) is 0 Å². The van der Waals surface area contributed by atoms with Gasteiger partial charge in [0.05, 0.1) is 4.43 Å². The van der Waals surface area contributed by atoms with Gasteiger partial charge in [-0.05, 0) is 43.0 Å². The standard InChI is InChI=1S/C5H3F7.C5H5F6I.C3F7I.C2H2F2.CH4.H2/c1-4(9,5(10,11)12)2(6)3(7)8;1-3(6,5(9,10)11)4(7,8)2-12;4-1(11,2(5,6)7)3(8,9)10;1-2(3)4;;/h1H3;2H2,1H3;;1H2;1H4;1H/i;;;;;1+1. The van der Waals surface area contributed by atoms with Crippen molar-refractivity contribution < 1.29 is 98.0 Å². The Kier molecular flexibility index (Phi) is 20.0. The van der Waals surface area contributed by atoms with Gasteiger partial charge in [0.15, 0.2) is 0 Å². The zero-order valence-corrected chi connectivity index (χ0v) is 22.3. The molecule has 0 aromatic rings. The van der Waals surface area contributed by atoms with Gasteiger partial charge in [0, 0.05) is 1.43 Å². The Balaban J connectivity index is -0.000000103. The highest BCUT2D eigenvalue weighted by molar-refractivity contribution is 14.1. The van der Waals surface area contributed by atoms with E-state index in [0.717, 1.165) is 22.6 Å². The number of rotatable bonds is 3. The van der Waals surface area contributed by atoms with E-state index in [9.17, 15) is 96.6 Å². The van der Waals surface area contributed by atoms with Gasteiger partial charge in [-0.1, -0.05) is 30.0 Å². The quantitative estimate of drug-likeness (QED) is 0.151. The zero-order chi connectivity index (χ0) is 33.4. The Bertz CT molecular complexity index is 763. The lowest BCUT2D eigenvalue weighted by atomic mass is 10.0. The van der Waals surface area contributed by atoms with E-state index >= 15 is 0 Å². The van der Waals surface area contributed by atoms with E-state index in [4.69, 9.17) is 0 Å². The van der Waals surface area contributed by atoms with Crippen LogP contribution in [0.3, 0.4) is 0 Å². The second-order valence-corrected chi connectivity index (χ2v) is 8.57.